The first-order chi connectivity index (χ1) is 26.7. The van der Waals surface area contributed by atoms with Gasteiger partial charge in [0, 0.05) is 51.2 Å². The summed E-state index contributed by atoms with van der Waals surface area (Å²) in [7, 11) is -2.28. The van der Waals surface area contributed by atoms with E-state index >= 15 is 0 Å². The molecule has 0 saturated heterocycles. The number of para-hydroxylation sites is 2. The van der Waals surface area contributed by atoms with E-state index in [4.69, 9.17) is 15.2 Å². The highest BCUT2D eigenvalue weighted by atomic mass is 32.2. The van der Waals surface area contributed by atoms with Crippen LogP contribution in [0.3, 0.4) is 0 Å². The van der Waals surface area contributed by atoms with Gasteiger partial charge < -0.3 is 35.8 Å². The third-order valence-corrected chi connectivity index (χ3v) is 11.9. The second-order valence-electron chi connectivity index (χ2n) is 14.9. The van der Waals surface area contributed by atoms with Crippen LogP contribution in [0.5, 0.6) is 5.75 Å². The molecule has 0 aliphatic carbocycles. The van der Waals surface area contributed by atoms with Crippen LogP contribution in [0.2, 0.25) is 0 Å². The van der Waals surface area contributed by atoms with Gasteiger partial charge in [0.15, 0.2) is 0 Å². The number of rotatable bonds is 14. The van der Waals surface area contributed by atoms with Crippen LogP contribution in [0.25, 0.3) is 0 Å². The quantitative estimate of drug-likeness (QED) is 0.109. The number of anilines is 3. The first kappa shape index (κ1) is 44.2. The van der Waals surface area contributed by atoms with Crippen LogP contribution in [-0.4, -0.2) is 92.1 Å². The molecular formula is C42H59N5O8S. The summed E-state index contributed by atoms with van der Waals surface area (Å²) in [5.41, 5.74) is 8.59. The van der Waals surface area contributed by atoms with Gasteiger partial charge in [-0.1, -0.05) is 43.2 Å². The zero-order valence-corrected chi connectivity index (χ0v) is 34.1. The summed E-state index contributed by atoms with van der Waals surface area (Å²) in [6.45, 7) is 7.80. The number of hydrogen-bond acceptors (Lipinski definition) is 9. The number of aliphatic hydroxyl groups is 1. The number of sulfonamides is 1. The maximum atomic E-state index is 14.5. The molecule has 0 spiro atoms. The molecular weight excluding hydrogens is 735 g/mol. The largest absolute Gasteiger partial charge is 0.490 e. The Bertz CT molecular complexity index is 1870. The molecule has 1 aliphatic rings. The molecule has 3 aromatic rings. The first-order valence-electron chi connectivity index (χ1n) is 19.5. The van der Waals surface area contributed by atoms with E-state index in [-0.39, 0.29) is 60.4 Å². The Kier molecular flexibility index (Phi) is 16.7. The number of nitrogens with two attached hydrogens (primary N) is 1. The number of unbranched alkanes of at least 4 members (excludes halogenated alkanes) is 2. The van der Waals surface area contributed by atoms with Crippen molar-refractivity contribution in [2.45, 2.75) is 102 Å². The van der Waals surface area contributed by atoms with Gasteiger partial charge in [-0.05, 0) is 95.3 Å². The molecule has 5 N–H and O–H groups in total. The number of ether oxygens (including phenoxy) is 2. The minimum Gasteiger partial charge on any atom is -0.490 e. The summed E-state index contributed by atoms with van der Waals surface area (Å²) in [4.78, 5) is 41.6. The minimum atomic E-state index is -3.81. The van der Waals surface area contributed by atoms with E-state index in [0.717, 1.165) is 18.4 Å². The Hall–Kier alpha value is -4.50. The molecule has 0 aromatic heterocycles. The topological polar surface area (TPSA) is 181 Å². The molecule has 0 radical (unpaired) electrons. The molecule has 4 rings (SSSR count). The zero-order chi connectivity index (χ0) is 40.8. The van der Waals surface area contributed by atoms with Crippen molar-refractivity contribution in [3.63, 3.8) is 0 Å². The van der Waals surface area contributed by atoms with Gasteiger partial charge in [0.2, 0.25) is 21.8 Å². The third kappa shape index (κ3) is 12.8. The van der Waals surface area contributed by atoms with Crippen molar-refractivity contribution in [3.8, 4) is 5.75 Å². The van der Waals surface area contributed by atoms with Gasteiger partial charge in [-0.2, -0.15) is 4.31 Å². The summed E-state index contributed by atoms with van der Waals surface area (Å²) in [6.07, 6.45) is 3.80. The number of benzene rings is 3. The molecule has 0 unspecified atom stereocenters. The number of aryl methyl sites for hydroxylation is 1. The fourth-order valence-electron chi connectivity index (χ4n) is 6.50. The number of hydrogen-bond donors (Lipinski definition) is 4. The number of carbonyl (C=O) groups is 3. The van der Waals surface area contributed by atoms with E-state index in [9.17, 15) is 27.9 Å². The molecule has 0 fully saturated rings. The predicted octanol–water partition coefficient (Wildman–Crippen LogP) is 6.22. The fraction of sp³-hybridized carbons (Fsp3) is 0.500. The summed E-state index contributed by atoms with van der Waals surface area (Å²) in [5, 5.41) is 16.0. The molecule has 4 atom stereocenters. The van der Waals surface area contributed by atoms with Crippen molar-refractivity contribution >= 4 is 44.8 Å². The van der Waals surface area contributed by atoms with Crippen molar-refractivity contribution in [1.29, 1.82) is 0 Å². The number of carbonyl (C=O) groups excluding carboxylic acids is 3. The van der Waals surface area contributed by atoms with Gasteiger partial charge in [0.05, 0.1) is 46.7 Å². The normalized spacial score (nSPS) is 19.0. The summed E-state index contributed by atoms with van der Waals surface area (Å²) in [6, 6.07) is 18.2. The fourth-order valence-corrected chi connectivity index (χ4v) is 7.68. The van der Waals surface area contributed by atoms with Crippen molar-refractivity contribution < 1.29 is 37.4 Å². The average Bonchev–Trinajstić information content (AvgIpc) is 3.16. The van der Waals surface area contributed by atoms with Crippen LogP contribution in [0.4, 0.5) is 17.1 Å². The number of aliphatic hydroxyl groups excluding tert-OH is 1. The van der Waals surface area contributed by atoms with E-state index in [2.05, 4.69) is 10.6 Å². The van der Waals surface area contributed by atoms with E-state index in [1.54, 1.807) is 78.6 Å². The maximum absolute atomic E-state index is 14.5. The van der Waals surface area contributed by atoms with Gasteiger partial charge in [0.1, 0.15) is 5.75 Å². The Morgan fingerprint density at radius 1 is 0.982 bits per heavy atom. The Balaban J connectivity index is 1.46. The summed E-state index contributed by atoms with van der Waals surface area (Å²) >= 11 is 0. The van der Waals surface area contributed by atoms with Crippen LogP contribution in [0, 0.1) is 12.8 Å². The van der Waals surface area contributed by atoms with Crippen LogP contribution < -0.4 is 21.1 Å². The molecule has 3 aromatic carbocycles. The SMILES string of the molecule is Cc1ccc(S(=O)(=O)N(C)C[C@@H]2OCCCC[C@H](C)Oc3ccc(NC(=O)CCCCCC(=O)Nc4ccccc4N)cc3C(=O)N([C@H](C)CO)C[C@@H]2C)cc1. The predicted molar refractivity (Wildman–Crippen MR) is 219 cm³/mol. The second-order valence-corrected chi connectivity index (χ2v) is 16.9. The molecule has 306 valence electrons. The van der Waals surface area contributed by atoms with E-state index < -0.39 is 28.1 Å². The molecule has 56 heavy (non-hydrogen) atoms. The molecule has 1 aliphatic heterocycles. The lowest BCUT2D eigenvalue weighted by molar-refractivity contribution is -0.116. The van der Waals surface area contributed by atoms with Crippen molar-refractivity contribution in [2.24, 2.45) is 5.92 Å². The molecule has 0 saturated carbocycles. The van der Waals surface area contributed by atoms with E-state index in [1.807, 2.05) is 20.8 Å². The molecule has 14 heteroatoms. The smallest absolute Gasteiger partial charge is 0.258 e. The maximum Gasteiger partial charge on any atom is 0.258 e. The lowest BCUT2D eigenvalue weighted by Gasteiger charge is -2.35. The Morgan fingerprint density at radius 3 is 2.34 bits per heavy atom. The second kappa shape index (κ2) is 21.1. The molecule has 13 nitrogen and oxygen atoms in total. The van der Waals surface area contributed by atoms with Gasteiger partial charge in [-0.3, -0.25) is 14.4 Å². The Morgan fingerprint density at radius 2 is 1.66 bits per heavy atom. The van der Waals surface area contributed by atoms with Crippen molar-refractivity contribution in [3.05, 3.63) is 77.9 Å². The lowest BCUT2D eigenvalue weighted by atomic mass is 10.0. The highest BCUT2D eigenvalue weighted by Crippen LogP contribution is 2.29. The lowest BCUT2D eigenvalue weighted by Crippen LogP contribution is -2.48. The Labute approximate surface area is 332 Å². The molecule has 1 heterocycles. The zero-order valence-electron chi connectivity index (χ0n) is 33.3. The van der Waals surface area contributed by atoms with Gasteiger partial charge in [-0.25, -0.2) is 8.42 Å². The monoisotopic (exact) mass is 793 g/mol. The van der Waals surface area contributed by atoms with Gasteiger partial charge >= 0.3 is 0 Å². The first-order valence-corrected chi connectivity index (χ1v) is 20.9. The van der Waals surface area contributed by atoms with Crippen LogP contribution in [0.15, 0.2) is 71.6 Å². The molecule has 3 amide bonds. The van der Waals surface area contributed by atoms with E-state index in [1.165, 1.54) is 11.4 Å². The van der Waals surface area contributed by atoms with Crippen LogP contribution in [0.1, 0.15) is 88.1 Å². The average molecular weight is 794 g/mol. The highest BCUT2D eigenvalue weighted by Gasteiger charge is 2.32. The van der Waals surface area contributed by atoms with Gasteiger partial charge in [0.25, 0.3) is 5.91 Å². The summed E-state index contributed by atoms with van der Waals surface area (Å²) in [5.74, 6) is -0.733. The number of nitrogens with zero attached hydrogens (tertiary/aromatic N) is 2. The number of amides is 3. The number of likely N-dealkylation sites (N-methyl/N-ethyl adjacent to an activating group) is 1. The molecule has 0 bridgehead atoms. The highest BCUT2D eigenvalue weighted by molar-refractivity contribution is 7.89. The number of nitrogen functional groups attached to an aromatic ring is 1. The standard InChI is InChI=1S/C42H59N5O8S/c1-29-18-21-34(22-19-29)56(52,53)46(5)27-39-30(2)26-47(31(3)28-48)42(51)35-25-33(20-23-38(35)55-32(4)13-11-12-24-54-39)44-40(49)16-7-6-8-17-41(50)45-37-15-10-9-14-36(37)43/h9-10,14-15,18-23,25,30-32,39,48H,6-8,11-13,16-17,24,26-28,43H2,1-5H3,(H,44,49)(H,45,50)/t30-,31+,32-,39-/m0/s1. The summed E-state index contributed by atoms with van der Waals surface area (Å²) < 4.78 is 41.0. The minimum absolute atomic E-state index is 0.0647. The number of nitrogens with one attached hydrogen (secondary N) is 2. The van der Waals surface area contributed by atoms with E-state index in [0.29, 0.717) is 61.5 Å². The van der Waals surface area contributed by atoms with Crippen LogP contribution >= 0.6 is 0 Å². The van der Waals surface area contributed by atoms with Crippen molar-refractivity contribution in [2.75, 3.05) is 49.7 Å². The van der Waals surface area contributed by atoms with Crippen LogP contribution in [-0.2, 0) is 24.3 Å². The van der Waals surface area contributed by atoms with Gasteiger partial charge in [-0.15, -0.1) is 0 Å². The van der Waals surface area contributed by atoms with Crippen molar-refractivity contribution in [1.82, 2.24) is 9.21 Å². The number of fused-ring (bicyclic) bond motifs is 1. The third-order valence-electron chi connectivity index (χ3n) is 10.0.